The predicted octanol–water partition coefficient (Wildman–Crippen LogP) is 4.07. The summed E-state index contributed by atoms with van der Waals surface area (Å²) in [6.45, 7) is 2.76. The molecule has 1 aromatic heterocycles. The van der Waals surface area contributed by atoms with Crippen LogP contribution in [0.5, 0.6) is 5.75 Å². The summed E-state index contributed by atoms with van der Waals surface area (Å²) in [6.07, 6.45) is 5.17. The lowest BCUT2D eigenvalue weighted by atomic mass is 10.1. The fourth-order valence-electron chi connectivity index (χ4n) is 2.02. The third-order valence-corrected chi connectivity index (χ3v) is 4.24. The van der Waals surface area contributed by atoms with Crippen molar-refractivity contribution in [1.82, 2.24) is 4.57 Å². The Kier molecular flexibility index (Phi) is 5.27. The molecule has 0 fully saturated rings. The summed E-state index contributed by atoms with van der Waals surface area (Å²) in [5, 5.41) is 0. The van der Waals surface area contributed by atoms with Crippen molar-refractivity contribution in [2.75, 3.05) is 6.61 Å². The summed E-state index contributed by atoms with van der Waals surface area (Å²) >= 11 is 6.79. The van der Waals surface area contributed by atoms with Gasteiger partial charge in [-0.15, -0.1) is 6.42 Å². The molecular weight excluding hydrogens is 398 g/mol. The van der Waals surface area contributed by atoms with Gasteiger partial charge < -0.3 is 9.30 Å². The molecule has 5 heteroatoms. The topological polar surface area (TPSA) is 31.2 Å². The van der Waals surface area contributed by atoms with Gasteiger partial charge in [-0.1, -0.05) is 5.92 Å². The van der Waals surface area contributed by atoms with Crippen LogP contribution in [0.3, 0.4) is 0 Å². The van der Waals surface area contributed by atoms with E-state index in [1.165, 1.54) is 0 Å². The molecule has 0 atom stereocenters. The van der Waals surface area contributed by atoms with Gasteiger partial charge in [0.25, 0.3) is 5.56 Å². The van der Waals surface area contributed by atoms with Gasteiger partial charge in [-0.05, 0) is 69.1 Å². The Morgan fingerprint density at radius 1 is 1.24 bits per heavy atom. The molecule has 0 spiro atoms. The molecule has 0 amide bonds. The molecule has 3 nitrogen and oxygen atoms in total. The van der Waals surface area contributed by atoms with Crippen molar-refractivity contribution < 1.29 is 4.74 Å². The Hall–Kier alpha value is -1.51. The Labute approximate surface area is 140 Å². The fraction of sp³-hybridized carbons (Fsp3) is 0.188. The minimum absolute atomic E-state index is 0.0467. The van der Waals surface area contributed by atoms with Crippen LogP contribution < -0.4 is 10.3 Å². The van der Waals surface area contributed by atoms with Crippen LogP contribution in [-0.2, 0) is 6.54 Å². The van der Waals surface area contributed by atoms with Crippen LogP contribution in [0.1, 0.15) is 6.92 Å². The highest BCUT2D eigenvalue weighted by Crippen LogP contribution is 2.31. The average molecular weight is 411 g/mol. The van der Waals surface area contributed by atoms with E-state index in [9.17, 15) is 4.79 Å². The Bertz CT molecular complexity index is 760. The van der Waals surface area contributed by atoms with Crippen LogP contribution in [0.4, 0.5) is 0 Å². The number of terminal acetylenes is 1. The number of hydrogen-bond donors (Lipinski definition) is 0. The molecule has 0 N–H and O–H groups in total. The predicted molar refractivity (Wildman–Crippen MR) is 91.5 cm³/mol. The first-order valence-corrected chi connectivity index (χ1v) is 7.92. The van der Waals surface area contributed by atoms with E-state index in [2.05, 4.69) is 37.8 Å². The van der Waals surface area contributed by atoms with Crippen LogP contribution in [0.15, 0.2) is 44.1 Å². The quantitative estimate of drug-likeness (QED) is 0.711. The lowest BCUT2D eigenvalue weighted by Gasteiger charge is -2.14. The molecule has 1 heterocycles. The SMILES string of the molecule is C#CCOc1ccc(-c2ccc(Br)c(=O)n2CC)c(Br)c1. The largest absolute Gasteiger partial charge is 0.481 e. The normalized spacial score (nSPS) is 10.2. The molecule has 21 heavy (non-hydrogen) atoms. The first kappa shape index (κ1) is 15.9. The maximum absolute atomic E-state index is 12.2. The van der Waals surface area contributed by atoms with Gasteiger partial charge in [-0.2, -0.15) is 0 Å². The van der Waals surface area contributed by atoms with Crippen molar-refractivity contribution in [3.8, 4) is 29.4 Å². The maximum atomic E-state index is 12.2. The van der Waals surface area contributed by atoms with E-state index in [1.54, 1.807) is 10.6 Å². The highest BCUT2D eigenvalue weighted by Gasteiger charge is 2.11. The Balaban J connectivity index is 2.51. The zero-order valence-corrected chi connectivity index (χ0v) is 14.6. The number of hydrogen-bond acceptors (Lipinski definition) is 2. The zero-order chi connectivity index (χ0) is 15.4. The second kappa shape index (κ2) is 6.97. The highest BCUT2D eigenvalue weighted by molar-refractivity contribution is 9.10. The first-order chi connectivity index (χ1) is 10.1. The summed E-state index contributed by atoms with van der Waals surface area (Å²) < 4.78 is 8.50. The summed E-state index contributed by atoms with van der Waals surface area (Å²) in [4.78, 5) is 12.2. The zero-order valence-electron chi connectivity index (χ0n) is 11.4. The van der Waals surface area contributed by atoms with Crippen molar-refractivity contribution in [2.24, 2.45) is 0 Å². The molecule has 2 rings (SSSR count). The summed E-state index contributed by atoms with van der Waals surface area (Å²) in [7, 11) is 0. The number of pyridine rings is 1. The molecule has 0 saturated heterocycles. The number of aromatic nitrogens is 1. The summed E-state index contributed by atoms with van der Waals surface area (Å²) in [6, 6.07) is 9.27. The minimum atomic E-state index is -0.0467. The number of halogens is 2. The van der Waals surface area contributed by atoms with Crippen molar-refractivity contribution >= 4 is 31.9 Å². The van der Waals surface area contributed by atoms with Gasteiger partial charge in [0.15, 0.2) is 0 Å². The van der Waals surface area contributed by atoms with Crippen molar-refractivity contribution in [2.45, 2.75) is 13.5 Å². The van der Waals surface area contributed by atoms with E-state index in [0.29, 0.717) is 16.8 Å². The fourth-order valence-corrected chi connectivity index (χ4v) is 2.93. The minimum Gasteiger partial charge on any atom is -0.481 e. The number of benzene rings is 1. The Morgan fingerprint density at radius 2 is 2.00 bits per heavy atom. The van der Waals surface area contributed by atoms with Crippen LogP contribution in [0.2, 0.25) is 0 Å². The van der Waals surface area contributed by atoms with Crippen molar-refractivity contribution in [1.29, 1.82) is 0 Å². The van der Waals surface area contributed by atoms with Crippen molar-refractivity contribution in [3.63, 3.8) is 0 Å². The van der Waals surface area contributed by atoms with Crippen molar-refractivity contribution in [3.05, 3.63) is 49.6 Å². The van der Waals surface area contributed by atoms with E-state index in [4.69, 9.17) is 11.2 Å². The number of rotatable bonds is 4. The highest BCUT2D eigenvalue weighted by atomic mass is 79.9. The van der Waals surface area contributed by atoms with Gasteiger partial charge in [0.1, 0.15) is 12.4 Å². The summed E-state index contributed by atoms with van der Waals surface area (Å²) in [5.41, 5.74) is 1.73. The van der Waals surface area contributed by atoms with E-state index in [0.717, 1.165) is 15.7 Å². The maximum Gasteiger partial charge on any atom is 0.265 e. The second-order valence-corrected chi connectivity index (χ2v) is 5.96. The molecule has 0 bridgehead atoms. The van der Waals surface area contributed by atoms with E-state index in [-0.39, 0.29) is 12.2 Å². The van der Waals surface area contributed by atoms with Gasteiger partial charge in [0.05, 0.1) is 10.2 Å². The van der Waals surface area contributed by atoms with Crippen LogP contribution in [-0.4, -0.2) is 11.2 Å². The van der Waals surface area contributed by atoms with Gasteiger partial charge in [-0.25, -0.2) is 0 Å². The molecule has 2 aromatic rings. The molecule has 0 radical (unpaired) electrons. The van der Waals surface area contributed by atoms with E-state index < -0.39 is 0 Å². The van der Waals surface area contributed by atoms with Gasteiger partial charge in [0.2, 0.25) is 0 Å². The third-order valence-electron chi connectivity index (χ3n) is 2.98. The van der Waals surface area contributed by atoms with Gasteiger partial charge >= 0.3 is 0 Å². The standard InChI is InChI=1S/C16H13Br2NO2/c1-3-9-21-11-5-6-12(14(18)10-11)15-8-7-13(17)16(20)19(15)4-2/h1,5-8,10H,4,9H2,2H3. The molecule has 0 aliphatic carbocycles. The van der Waals surface area contributed by atoms with E-state index >= 15 is 0 Å². The molecule has 1 aromatic carbocycles. The molecule has 0 aliphatic heterocycles. The lowest BCUT2D eigenvalue weighted by molar-refractivity contribution is 0.370. The smallest absolute Gasteiger partial charge is 0.265 e. The summed E-state index contributed by atoms with van der Waals surface area (Å²) in [5.74, 6) is 3.11. The average Bonchev–Trinajstić information content (AvgIpc) is 2.48. The first-order valence-electron chi connectivity index (χ1n) is 6.34. The number of nitrogens with zero attached hydrogens (tertiary/aromatic N) is 1. The van der Waals surface area contributed by atoms with Crippen LogP contribution in [0, 0.1) is 12.3 Å². The van der Waals surface area contributed by atoms with Crippen LogP contribution in [0.25, 0.3) is 11.3 Å². The molecule has 0 unspecified atom stereocenters. The third kappa shape index (κ3) is 3.39. The molecular formula is C16H13Br2NO2. The second-order valence-electron chi connectivity index (χ2n) is 4.25. The monoisotopic (exact) mass is 409 g/mol. The Morgan fingerprint density at radius 3 is 2.62 bits per heavy atom. The molecule has 108 valence electrons. The lowest BCUT2D eigenvalue weighted by Crippen LogP contribution is -2.21. The van der Waals surface area contributed by atoms with Gasteiger partial charge in [0, 0.05) is 16.6 Å². The van der Waals surface area contributed by atoms with Crippen LogP contribution >= 0.6 is 31.9 Å². The van der Waals surface area contributed by atoms with Gasteiger partial charge in [-0.3, -0.25) is 4.79 Å². The molecule has 0 aliphatic rings. The number of ether oxygens (including phenoxy) is 1. The van der Waals surface area contributed by atoms with E-state index in [1.807, 2.05) is 31.2 Å². The molecule has 0 saturated carbocycles.